The molecule has 0 saturated carbocycles. The summed E-state index contributed by atoms with van der Waals surface area (Å²) in [6.45, 7) is 1.57. The van der Waals surface area contributed by atoms with Crippen LogP contribution in [-0.2, 0) is 0 Å². The number of rotatable bonds is 2. The minimum absolute atomic E-state index is 0.0969. The van der Waals surface area contributed by atoms with Crippen molar-refractivity contribution in [2.45, 2.75) is 13.0 Å². The van der Waals surface area contributed by atoms with Crippen LogP contribution in [0.15, 0.2) is 12.4 Å². The zero-order valence-electron chi connectivity index (χ0n) is 7.36. The van der Waals surface area contributed by atoms with Crippen molar-refractivity contribution in [1.29, 1.82) is 5.26 Å². The van der Waals surface area contributed by atoms with E-state index in [1.54, 1.807) is 6.92 Å². The Bertz CT molecular complexity index is 387. The van der Waals surface area contributed by atoms with Crippen LogP contribution in [0.3, 0.4) is 0 Å². The molecule has 5 nitrogen and oxygen atoms in total. The molecule has 1 amide bonds. The van der Waals surface area contributed by atoms with Crippen LogP contribution >= 0.6 is 11.6 Å². The molecule has 1 aromatic rings. The number of hydrogen-bond donors (Lipinski definition) is 1. The number of amides is 1. The van der Waals surface area contributed by atoms with Crippen molar-refractivity contribution in [1.82, 2.24) is 15.3 Å². The Morgan fingerprint density at radius 1 is 1.71 bits per heavy atom. The van der Waals surface area contributed by atoms with E-state index in [0.29, 0.717) is 0 Å². The lowest BCUT2D eigenvalue weighted by atomic mass is 10.3. The molecule has 0 radical (unpaired) electrons. The summed E-state index contributed by atoms with van der Waals surface area (Å²) in [5, 5.41) is 11.0. The number of carbonyl (C=O) groups excluding carboxylic acids is 1. The molecule has 0 bridgehead atoms. The number of nitriles is 1. The Morgan fingerprint density at radius 2 is 2.43 bits per heavy atom. The number of hydrogen-bond acceptors (Lipinski definition) is 4. The lowest BCUT2D eigenvalue weighted by Gasteiger charge is -2.04. The second-order valence-corrected chi connectivity index (χ2v) is 2.94. The first-order chi connectivity index (χ1) is 6.63. The van der Waals surface area contributed by atoms with Gasteiger partial charge in [0.15, 0.2) is 0 Å². The first-order valence-corrected chi connectivity index (χ1v) is 4.19. The van der Waals surface area contributed by atoms with Crippen molar-refractivity contribution in [2.75, 3.05) is 0 Å². The molecule has 0 aliphatic rings. The summed E-state index contributed by atoms with van der Waals surface area (Å²) in [6.07, 6.45) is 2.61. The molecular weight excluding hydrogens is 204 g/mol. The van der Waals surface area contributed by atoms with Crippen LogP contribution in [0.1, 0.15) is 17.4 Å². The highest BCUT2D eigenvalue weighted by molar-refractivity contribution is 6.29. The maximum atomic E-state index is 11.3. The van der Waals surface area contributed by atoms with Gasteiger partial charge in [0.1, 0.15) is 16.9 Å². The van der Waals surface area contributed by atoms with E-state index in [-0.39, 0.29) is 10.8 Å². The summed E-state index contributed by atoms with van der Waals surface area (Å²) in [5.41, 5.74) is 0.0969. The van der Waals surface area contributed by atoms with Crippen molar-refractivity contribution in [3.05, 3.63) is 23.2 Å². The van der Waals surface area contributed by atoms with E-state index in [0.717, 1.165) is 0 Å². The van der Waals surface area contributed by atoms with E-state index in [2.05, 4.69) is 15.3 Å². The highest BCUT2D eigenvalue weighted by Crippen LogP contribution is 2.02. The van der Waals surface area contributed by atoms with E-state index < -0.39 is 11.9 Å². The van der Waals surface area contributed by atoms with E-state index in [4.69, 9.17) is 16.9 Å². The maximum Gasteiger partial charge on any atom is 0.272 e. The van der Waals surface area contributed by atoms with Gasteiger partial charge in [-0.1, -0.05) is 11.6 Å². The molecule has 1 heterocycles. The van der Waals surface area contributed by atoms with E-state index >= 15 is 0 Å². The average molecular weight is 211 g/mol. The van der Waals surface area contributed by atoms with Crippen molar-refractivity contribution < 1.29 is 4.79 Å². The summed E-state index contributed by atoms with van der Waals surface area (Å²) in [7, 11) is 0. The van der Waals surface area contributed by atoms with Gasteiger partial charge < -0.3 is 5.32 Å². The third kappa shape index (κ3) is 2.68. The first-order valence-electron chi connectivity index (χ1n) is 3.81. The van der Waals surface area contributed by atoms with Gasteiger partial charge >= 0.3 is 0 Å². The highest BCUT2D eigenvalue weighted by Gasteiger charge is 2.10. The number of nitrogens with one attached hydrogen (secondary N) is 1. The van der Waals surface area contributed by atoms with Gasteiger partial charge in [0.2, 0.25) is 0 Å². The third-order valence-corrected chi connectivity index (χ3v) is 1.56. The summed E-state index contributed by atoms with van der Waals surface area (Å²) >= 11 is 5.54. The topological polar surface area (TPSA) is 78.7 Å². The van der Waals surface area contributed by atoms with Crippen LogP contribution in [0, 0.1) is 11.3 Å². The van der Waals surface area contributed by atoms with Gasteiger partial charge in [-0.25, -0.2) is 4.98 Å². The van der Waals surface area contributed by atoms with Crippen LogP contribution in [0.2, 0.25) is 5.15 Å². The Morgan fingerprint density at radius 3 is 3.00 bits per heavy atom. The Balaban J connectivity index is 2.76. The fourth-order valence-electron chi connectivity index (χ4n) is 0.754. The minimum atomic E-state index is -0.566. The smallest absolute Gasteiger partial charge is 0.272 e. The van der Waals surface area contributed by atoms with E-state index in [9.17, 15) is 4.79 Å². The largest absolute Gasteiger partial charge is 0.335 e. The van der Waals surface area contributed by atoms with Crippen LogP contribution in [0.25, 0.3) is 0 Å². The zero-order valence-corrected chi connectivity index (χ0v) is 8.12. The van der Waals surface area contributed by atoms with Gasteiger partial charge in [-0.05, 0) is 6.92 Å². The molecule has 0 aromatic carbocycles. The summed E-state index contributed by atoms with van der Waals surface area (Å²) in [6, 6.07) is 1.30. The normalized spacial score (nSPS) is 11.5. The number of aromatic nitrogens is 2. The van der Waals surface area contributed by atoms with E-state index in [1.807, 2.05) is 6.07 Å². The van der Waals surface area contributed by atoms with Gasteiger partial charge in [0.25, 0.3) is 5.91 Å². The quantitative estimate of drug-likeness (QED) is 0.782. The summed E-state index contributed by atoms with van der Waals surface area (Å²) < 4.78 is 0. The molecule has 0 aliphatic heterocycles. The molecule has 1 aromatic heterocycles. The van der Waals surface area contributed by atoms with Crippen LogP contribution in [-0.4, -0.2) is 21.9 Å². The van der Waals surface area contributed by atoms with Gasteiger partial charge in [-0.2, -0.15) is 5.26 Å². The van der Waals surface area contributed by atoms with Crippen molar-refractivity contribution in [2.24, 2.45) is 0 Å². The Kier molecular flexibility index (Phi) is 3.37. The van der Waals surface area contributed by atoms with E-state index in [1.165, 1.54) is 12.4 Å². The Labute approximate surface area is 85.7 Å². The third-order valence-electron chi connectivity index (χ3n) is 1.38. The number of carbonyl (C=O) groups is 1. The molecule has 0 saturated heterocycles. The number of nitrogens with zero attached hydrogens (tertiary/aromatic N) is 3. The van der Waals surface area contributed by atoms with Crippen molar-refractivity contribution in [3.8, 4) is 6.07 Å². The molecular formula is C8H7ClN4O. The van der Waals surface area contributed by atoms with Gasteiger partial charge in [0, 0.05) is 0 Å². The monoisotopic (exact) mass is 210 g/mol. The summed E-state index contributed by atoms with van der Waals surface area (Å²) in [5.74, 6) is -0.464. The van der Waals surface area contributed by atoms with Crippen molar-refractivity contribution in [3.63, 3.8) is 0 Å². The molecule has 0 spiro atoms. The molecule has 1 unspecified atom stereocenters. The summed E-state index contributed by atoms with van der Waals surface area (Å²) in [4.78, 5) is 18.8. The molecule has 0 aliphatic carbocycles. The standard InChI is InChI=1S/C8H7ClN4O/c1-5(2-10)12-8(14)6-3-11-4-7(9)13-6/h3-5H,1H3,(H,12,14). The molecule has 1 atom stereocenters. The molecule has 72 valence electrons. The molecule has 6 heteroatoms. The van der Waals surface area contributed by atoms with Gasteiger partial charge in [-0.3, -0.25) is 9.78 Å². The highest BCUT2D eigenvalue weighted by atomic mass is 35.5. The van der Waals surface area contributed by atoms with Crippen LogP contribution < -0.4 is 5.32 Å². The predicted molar refractivity (Wildman–Crippen MR) is 49.6 cm³/mol. The van der Waals surface area contributed by atoms with Crippen molar-refractivity contribution >= 4 is 17.5 Å². The Hall–Kier alpha value is -1.67. The zero-order chi connectivity index (χ0) is 10.6. The van der Waals surface area contributed by atoms with Gasteiger partial charge in [0.05, 0.1) is 18.5 Å². The molecule has 0 fully saturated rings. The minimum Gasteiger partial charge on any atom is -0.335 e. The lowest BCUT2D eigenvalue weighted by Crippen LogP contribution is -2.31. The fourth-order valence-corrected chi connectivity index (χ4v) is 0.902. The maximum absolute atomic E-state index is 11.3. The SMILES string of the molecule is CC(C#N)NC(=O)c1cncc(Cl)n1. The fraction of sp³-hybridized carbons (Fsp3) is 0.250. The van der Waals surface area contributed by atoms with Crippen LogP contribution in [0.5, 0.6) is 0 Å². The molecule has 1 rings (SSSR count). The molecule has 1 N–H and O–H groups in total. The molecule has 14 heavy (non-hydrogen) atoms. The first kappa shape index (κ1) is 10.4. The van der Waals surface area contributed by atoms with Gasteiger partial charge in [-0.15, -0.1) is 0 Å². The second kappa shape index (κ2) is 4.53. The number of halogens is 1. The second-order valence-electron chi connectivity index (χ2n) is 2.55. The predicted octanol–water partition coefficient (Wildman–Crippen LogP) is 0.772. The lowest BCUT2D eigenvalue weighted by molar-refractivity contribution is 0.0942. The van der Waals surface area contributed by atoms with Crippen LogP contribution in [0.4, 0.5) is 0 Å². The average Bonchev–Trinajstić information content (AvgIpc) is 2.17.